The van der Waals surface area contributed by atoms with Crippen LogP contribution in [0.1, 0.15) is 15.9 Å². The number of carboxylic acid groups (broad SMARTS) is 1. The minimum Gasteiger partial charge on any atom is -0.478 e. The molecule has 4 nitrogen and oxygen atoms in total. The second-order valence-electron chi connectivity index (χ2n) is 4.26. The largest absolute Gasteiger partial charge is 0.478 e. The van der Waals surface area contributed by atoms with Crippen LogP contribution in [0.15, 0.2) is 47.4 Å². The van der Waals surface area contributed by atoms with Crippen molar-refractivity contribution in [1.29, 1.82) is 0 Å². The van der Waals surface area contributed by atoms with Gasteiger partial charge in [0.1, 0.15) is 17.2 Å². The third-order valence-electron chi connectivity index (χ3n) is 2.86. The molecular formula is C14H10F2O4S. The summed E-state index contributed by atoms with van der Waals surface area (Å²) in [5.41, 5.74) is -1.65. The van der Waals surface area contributed by atoms with E-state index >= 15 is 0 Å². The van der Waals surface area contributed by atoms with E-state index in [1.165, 1.54) is 24.3 Å². The number of benzene rings is 2. The van der Waals surface area contributed by atoms with Crippen LogP contribution in [0.3, 0.4) is 0 Å². The monoisotopic (exact) mass is 312 g/mol. The van der Waals surface area contributed by atoms with Crippen molar-refractivity contribution in [3.63, 3.8) is 0 Å². The molecule has 0 bridgehead atoms. The fourth-order valence-electron chi connectivity index (χ4n) is 1.87. The average Bonchev–Trinajstić information content (AvgIpc) is 2.43. The lowest BCUT2D eigenvalue weighted by atomic mass is 10.1. The van der Waals surface area contributed by atoms with E-state index in [4.69, 9.17) is 5.11 Å². The molecule has 21 heavy (non-hydrogen) atoms. The van der Waals surface area contributed by atoms with E-state index in [2.05, 4.69) is 0 Å². The Balaban J connectivity index is 2.55. The Morgan fingerprint density at radius 2 is 1.57 bits per heavy atom. The second-order valence-corrected chi connectivity index (χ2v) is 6.25. The first-order valence-corrected chi connectivity index (χ1v) is 7.46. The highest BCUT2D eigenvalue weighted by atomic mass is 32.2. The van der Waals surface area contributed by atoms with Crippen LogP contribution in [-0.2, 0) is 15.6 Å². The molecule has 0 aliphatic rings. The van der Waals surface area contributed by atoms with Crippen LogP contribution in [0.2, 0.25) is 0 Å². The zero-order valence-electron chi connectivity index (χ0n) is 10.6. The lowest BCUT2D eigenvalue weighted by Gasteiger charge is -2.09. The van der Waals surface area contributed by atoms with E-state index in [9.17, 15) is 22.0 Å². The maximum absolute atomic E-state index is 13.7. The first-order chi connectivity index (χ1) is 9.83. The number of rotatable bonds is 4. The van der Waals surface area contributed by atoms with Gasteiger partial charge >= 0.3 is 5.97 Å². The summed E-state index contributed by atoms with van der Waals surface area (Å²) < 4.78 is 51.6. The standard InChI is InChI=1S/C14H10F2O4S/c15-11-6-7-12(16)13(14(17)18)10(11)8-21(19,20)9-4-2-1-3-5-9/h1-7H,8H2,(H,17,18). The predicted octanol–water partition coefficient (Wildman–Crippen LogP) is 2.64. The Labute approximate surface area is 119 Å². The van der Waals surface area contributed by atoms with Gasteiger partial charge in [0.2, 0.25) is 0 Å². The molecule has 2 aromatic rings. The number of carbonyl (C=O) groups is 1. The highest BCUT2D eigenvalue weighted by Crippen LogP contribution is 2.23. The number of hydrogen-bond donors (Lipinski definition) is 1. The highest BCUT2D eigenvalue weighted by Gasteiger charge is 2.25. The van der Waals surface area contributed by atoms with Crippen molar-refractivity contribution in [2.75, 3.05) is 0 Å². The summed E-state index contributed by atoms with van der Waals surface area (Å²) in [4.78, 5) is 10.9. The SMILES string of the molecule is O=C(O)c1c(F)ccc(F)c1CS(=O)(=O)c1ccccc1. The van der Waals surface area contributed by atoms with Crippen LogP contribution in [-0.4, -0.2) is 19.5 Å². The van der Waals surface area contributed by atoms with Crippen molar-refractivity contribution in [3.8, 4) is 0 Å². The molecule has 2 rings (SSSR count). The lowest BCUT2D eigenvalue weighted by Crippen LogP contribution is -2.13. The van der Waals surface area contributed by atoms with Crippen molar-refractivity contribution in [2.45, 2.75) is 10.6 Å². The Morgan fingerprint density at radius 3 is 2.14 bits per heavy atom. The molecule has 0 atom stereocenters. The highest BCUT2D eigenvalue weighted by molar-refractivity contribution is 7.90. The molecule has 0 saturated heterocycles. The van der Waals surface area contributed by atoms with Crippen LogP contribution in [0, 0.1) is 11.6 Å². The van der Waals surface area contributed by atoms with Gasteiger partial charge in [0.05, 0.1) is 10.6 Å². The maximum atomic E-state index is 13.7. The molecule has 0 heterocycles. The van der Waals surface area contributed by atoms with Gasteiger partial charge in [-0.25, -0.2) is 22.0 Å². The van der Waals surface area contributed by atoms with Gasteiger partial charge in [-0.3, -0.25) is 0 Å². The molecule has 0 unspecified atom stereocenters. The minimum absolute atomic E-state index is 0.0926. The summed E-state index contributed by atoms with van der Waals surface area (Å²) in [7, 11) is -3.98. The average molecular weight is 312 g/mol. The summed E-state index contributed by atoms with van der Waals surface area (Å²) in [5.74, 6) is -4.90. The fraction of sp³-hybridized carbons (Fsp3) is 0.0714. The zero-order chi connectivity index (χ0) is 15.6. The van der Waals surface area contributed by atoms with Crippen molar-refractivity contribution in [3.05, 3.63) is 65.2 Å². The van der Waals surface area contributed by atoms with Gasteiger partial charge in [0.25, 0.3) is 0 Å². The smallest absolute Gasteiger partial charge is 0.339 e. The van der Waals surface area contributed by atoms with Gasteiger partial charge in [-0.1, -0.05) is 18.2 Å². The van der Waals surface area contributed by atoms with Gasteiger partial charge in [-0.15, -0.1) is 0 Å². The maximum Gasteiger partial charge on any atom is 0.339 e. The van der Waals surface area contributed by atoms with E-state index in [0.717, 1.165) is 0 Å². The predicted molar refractivity (Wildman–Crippen MR) is 70.6 cm³/mol. The third-order valence-corrected chi connectivity index (χ3v) is 4.51. The quantitative estimate of drug-likeness (QED) is 0.942. The molecular weight excluding hydrogens is 302 g/mol. The van der Waals surface area contributed by atoms with E-state index in [0.29, 0.717) is 12.1 Å². The molecule has 1 N–H and O–H groups in total. The molecule has 0 fully saturated rings. The van der Waals surface area contributed by atoms with Crippen LogP contribution in [0.4, 0.5) is 8.78 Å². The third kappa shape index (κ3) is 3.08. The first kappa shape index (κ1) is 15.1. The van der Waals surface area contributed by atoms with Gasteiger partial charge in [-0.2, -0.15) is 0 Å². The Hall–Kier alpha value is -2.28. The minimum atomic E-state index is -3.98. The Kier molecular flexibility index (Phi) is 4.04. The lowest BCUT2D eigenvalue weighted by molar-refractivity contribution is 0.0690. The molecule has 0 amide bonds. The fourth-order valence-corrected chi connectivity index (χ4v) is 3.27. The summed E-state index contributed by atoms with van der Waals surface area (Å²) >= 11 is 0. The summed E-state index contributed by atoms with van der Waals surface area (Å²) in [6, 6.07) is 8.51. The second kappa shape index (κ2) is 5.61. The van der Waals surface area contributed by atoms with Crippen LogP contribution >= 0.6 is 0 Å². The topological polar surface area (TPSA) is 71.4 Å². The number of carboxylic acids is 1. The van der Waals surface area contributed by atoms with Crippen molar-refractivity contribution >= 4 is 15.8 Å². The molecule has 110 valence electrons. The number of hydrogen-bond acceptors (Lipinski definition) is 3. The number of sulfone groups is 1. The van der Waals surface area contributed by atoms with Gasteiger partial charge in [0.15, 0.2) is 9.84 Å². The summed E-state index contributed by atoms with van der Waals surface area (Å²) in [6.07, 6.45) is 0. The number of halogens is 2. The van der Waals surface area contributed by atoms with Gasteiger partial charge in [-0.05, 0) is 24.3 Å². The molecule has 0 aliphatic heterocycles. The molecule has 2 aromatic carbocycles. The van der Waals surface area contributed by atoms with E-state index in [1.807, 2.05) is 0 Å². The molecule has 0 aromatic heterocycles. The molecule has 0 aliphatic carbocycles. The van der Waals surface area contributed by atoms with Crippen molar-refractivity contribution in [1.82, 2.24) is 0 Å². The van der Waals surface area contributed by atoms with Crippen LogP contribution < -0.4 is 0 Å². The van der Waals surface area contributed by atoms with E-state index in [-0.39, 0.29) is 4.90 Å². The van der Waals surface area contributed by atoms with Gasteiger partial charge in [0, 0.05) is 5.56 Å². The van der Waals surface area contributed by atoms with E-state index < -0.39 is 44.3 Å². The number of aromatic carboxylic acids is 1. The summed E-state index contributed by atoms with van der Waals surface area (Å²) in [6.45, 7) is 0. The molecule has 0 saturated carbocycles. The molecule has 0 spiro atoms. The molecule has 0 radical (unpaired) electrons. The van der Waals surface area contributed by atoms with Crippen molar-refractivity contribution < 1.29 is 27.1 Å². The Morgan fingerprint density at radius 1 is 1.00 bits per heavy atom. The molecule has 7 heteroatoms. The Bertz CT molecular complexity index is 786. The van der Waals surface area contributed by atoms with Gasteiger partial charge < -0.3 is 5.11 Å². The zero-order valence-corrected chi connectivity index (χ0v) is 11.4. The van der Waals surface area contributed by atoms with Crippen molar-refractivity contribution in [2.24, 2.45) is 0 Å². The first-order valence-electron chi connectivity index (χ1n) is 5.81. The van der Waals surface area contributed by atoms with E-state index in [1.54, 1.807) is 6.07 Å². The van der Waals surface area contributed by atoms with Crippen LogP contribution in [0.25, 0.3) is 0 Å². The van der Waals surface area contributed by atoms with Crippen LogP contribution in [0.5, 0.6) is 0 Å². The summed E-state index contributed by atoms with van der Waals surface area (Å²) in [5, 5.41) is 8.94. The normalized spacial score (nSPS) is 11.3.